The molecule has 0 aliphatic heterocycles. The lowest BCUT2D eigenvalue weighted by Crippen LogP contribution is -2.28. The second kappa shape index (κ2) is 6.15. The molecule has 19 heavy (non-hydrogen) atoms. The summed E-state index contributed by atoms with van der Waals surface area (Å²) in [7, 11) is 0. The number of nitro benzene ring substituents is 1. The zero-order valence-electron chi connectivity index (χ0n) is 11.2. The summed E-state index contributed by atoms with van der Waals surface area (Å²) in [5.74, 6) is 0. The first-order valence-electron chi connectivity index (χ1n) is 6.99. The third kappa shape index (κ3) is 3.53. The average molecular weight is 263 g/mol. The van der Waals surface area contributed by atoms with Crippen LogP contribution in [0.4, 0.5) is 5.69 Å². The van der Waals surface area contributed by atoms with Gasteiger partial charge in [0.05, 0.1) is 4.92 Å². The van der Waals surface area contributed by atoms with E-state index in [4.69, 9.17) is 0 Å². The molecule has 1 aliphatic rings. The van der Waals surface area contributed by atoms with Crippen LogP contribution in [-0.2, 0) is 6.42 Å². The van der Waals surface area contributed by atoms with Crippen molar-refractivity contribution in [2.75, 3.05) is 6.61 Å². The summed E-state index contributed by atoms with van der Waals surface area (Å²) in [6.45, 7) is 0.229. The number of nitrogens with zero attached hydrogens (tertiary/aromatic N) is 1. The number of non-ortho nitro benzene ring substituents is 1. The third-order valence-corrected chi connectivity index (χ3v) is 4.28. The number of nitro groups is 1. The normalized spacial score (nSPS) is 18.2. The number of hydrogen-bond donors (Lipinski definition) is 1. The van der Waals surface area contributed by atoms with Crippen LogP contribution in [0, 0.1) is 15.5 Å². The molecule has 0 aromatic heterocycles. The first kappa shape index (κ1) is 14.0. The Labute approximate surface area is 113 Å². The van der Waals surface area contributed by atoms with Crippen LogP contribution in [0.5, 0.6) is 0 Å². The molecule has 2 rings (SSSR count). The van der Waals surface area contributed by atoms with Gasteiger partial charge in [0.15, 0.2) is 0 Å². The fourth-order valence-electron chi connectivity index (χ4n) is 3.22. The summed E-state index contributed by atoms with van der Waals surface area (Å²) in [4.78, 5) is 10.3. The van der Waals surface area contributed by atoms with Gasteiger partial charge in [-0.3, -0.25) is 10.1 Å². The van der Waals surface area contributed by atoms with Crippen LogP contribution in [0.1, 0.15) is 44.1 Å². The highest BCUT2D eigenvalue weighted by Gasteiger charge is 2.31. The molecule has 1 saturated carbocycles. The van der Waals surface area contributed by atoms with Gasteiger partial charge in [-0.15, -0.1) is 0 Å². The minimum atomic E-state index is -0.367. The Morgan fingerprint density at radius 2 is 1.79 bits per heavy atom. The Kier molecular flexibility index (Phi) is 4.53. The van der Waals surface area contributed by atoms with Crippen molar-refractivity contribution in [3.05, 3.63) is 39.9 Å². The summed E-state index contributed by atoms with van der Waals surface area (Å²) in [5.41, 5.74) is 1.48. The SMILES string of the molecule is O=[N+]([O-])c1ccc(CC2(CCO)CCCCC2)cc1. The highest BCUT2D eigenvalue weighted by molar-refractivity contribution is 5.33. The average Bonchev–Trinajstić information content (AvgIpc) is 2.40. The summed E-state index contributed by atoms with van der Waals surface area (Å²) in [6, 6.07) is 6.85. The second-order valence-corrected chi connectivity index (χ2v) is 5.63. The Balaban J connectivity index is 2.10. The maximum atomic E-state index is 10.6. The van der Waals surface area contributed by atoms with Crippen LogP contribution in [0.3, 0.4) is 0 Å². The first-order chi connectivity index (χ1) is 9.15. The van der Waals surface area contributed by atoms with Crippen molar-refractivity contribution < 1.29 is 10.0 Å². The van der Waals surface area contributed by atoms with Gasteiger partial charge in [-0.05, 0) is 36.7 Å². The minimum absolute atomic E-state index is 0.142. The Morgan fingerprint density at radius 3 is 2.32 bits per heavy atom. The molecule has 0 bridgehead atoms. The molecule has 0 amide bonds. The van der Waals surface area contributed by atoms with Crippen molar-refractivity contribution in [2.45, 2.75) is 44.9 Å². The van der Waals surface area contributed by atoms with Gasteiger partial charge in [0.25, 0.3) is 5.69 Å². The van der Waals surface area contributed by atoms with Gasteiger partial charge in [-0.1, -0.05) is 31.4 Å². The lowest BCUT2D eigenvalue weighted by molar-refractivity contribution is -0.384. The Hall–Kier alpha value is -1.42. The third-order valence-electron chi connectivity index (χ3n) is 4.28. The van der Waals surface area contributed by atoms with Gasteiger partial charge in [0.2, 0.25) is 0 Å². The fraction of sp³-hybridized carbons (Fsp3) is 0.600. The van der Waals surface area contributed by atoms with Crippen molar-refractivity contribution >= 4 is 5.69 Å². The summed E-state index contributed by atoms with van der Waals surface area (Å²) in [5, 5.41) is 19.9. The summed E-state index contributed by atoms with van der Waals surface area (Å²) < 4.78 is 0. The Morgan fingerprint density at radius 1 is 1.16 bits per heavy atom. The van der Waals surface area contributed by atoms with Crippen LogP contribution in [-0.4, -0.2) is 16.6 Å². The van der Waals surface area contributed by atoms with Gasteiger partial charge < -0.3 is 5.11 Å². The highest BCUT2D eigenvalue weighted by Crippen LogP contribution is 2.42. The molecule has 1 aromatic carbocycles. The molecule has 0 heterocycles. The number of rotatable bonds is 5. The lowest BCUT2D eigenvalue weighted by atomic mass is 9.68. The maximum absolute atomic E-state index is 10.6. The van der Waals surface area contributed by atoms with Gasteiger partial charge in [0.1, 0.15) is 0 Å². The molecule has 104 valence electrons. The van der Waals surface area contributed by atoms with E-state index in [1.807, 2.05) is 12.1 Å². The van der Waals surface area contributed by atoms with Crippen LogP contribution in [0.15, 0.2) is 24.3 Å². The quantitative estimate of drug-likeness (QED) is 0.653. The Bertz CT molecular complexity index is 416. The predicted molar refractivity (Wildman–Crippen MR) is 74.0 cm³/mol. The molecule has 1 aliphatic carbocycles. The van der Waals surface area contributed by atoms with Crippen molar-refractivity contribution in [3.8, 4) is 0 Å². The molecule has 4 nitrogen and oxygen atoms in total. The zero-order chi connectivity index (χ0) is 13.7. The topological polar surface area (TPSA) is 63.4 Å². The number of hydrogen-bond acceptors (Lipinski definition) is 3. The monoisotopic (exact) mass is 263 g/mol. The number of benzene rings is 1. The highest BCUT2D eigenvalue weighted by atomic mass is 16.6. The standard InChI is InChI=1S/C15H21NO3/c17-11-10-15(8-2-1-3-9-15)12-13-4-6-14(7-5-13)16(18)19/h4-7,17H,1-3,8-12H2. The van der Waals surface area contributed by atoms with E-state index in [9.17, 15) is 15.2 Å². The van der Waals surface area contributed by atoms with E-state index in [0.29, 0.717) is 0 Å². The van der Waals surface area contributed by atoms with Gasteiger partial charge >= 0.3 is 0 Å². The van der Waals surface area contributed by atoms with Gasteiger partial charge in [0, 0.05) is 18.7 Å². The molecule has 0 atom stereocenters. The molecule has 0 saturated heterocycles. The first-order valence-corrected chi connectivity index (χ1v) is 6.99. The molecule has 1 aromatic rings. The van der Waals surface area contributed by atoms with E-state index in [-0.39, 0.29) is 22.6 Å². The summed E-state index contributed by atoms with van der Waals surface area (Å²) in [6.07, 6.45) is 7.82. The number of aliphatic hydroxyl groups excluding tert-OH is 1. The molecular weight excluding hydrogens is 242 g/mol. The van der Waals surface area contributed by atoms with Crippen LogP contribution >= 0.6 is 0 Å². The van der Waals surface area contributed by atoms with Crippen LogP contribution in [0.25, 0.3) is 0 Å². The second-order valence-electron chi connectivity index (χ2n) is 5.63. The summed E-state index contributed by atoms with van der Waals surface area (Å²) >= 11 is 0. The van der Waals surface area contributed by atoms with E-state index in [0.717, 1.165) is 31.2 Å². The van der Waals surface area contributed by atoms with Crippen molar-refractivity contribution in [2.24, 2.45) is 5.41 Å². The molecular formula is C15H21NO3. The molecule has 1 fully saturated rings. The fourth-order valence-corrected chi connectivity index (χ4v) is 3.22. The van der Waals surface area contributed by atoms with E-state index >= 15 is 0 Å². The van der Waals surface area contributed by atoms with Gasteiger partial charge in [-0.2, -0.15) is 0 Å². The molecule has 0 radical (unpaired) electrons. The largest absolute Gasteiger partial charge is 0.396 e. The smallest absolute Gasteiger partial charge is 0.269 e. The van der Waals surface area contributed by atoms with E-state index < -0.39 is 0 Å². The predicted octanol–water partition coefficient (Wildman–Crippen LogP) is 3.47. The van der Waals surface area contributed by atoms with Gasteiger partial charge in [-0.25, -0.2) is 0 Å². The maximum Gasteiger partial charge on any atom is 0.269 e. The van der Waals surface area contributed by atoms with E-state index in [1.54, 1.807) is 12.1 Å². The molecule has 4 heteroatoms. The number of aliphatic hydroxyl groups is 1. The minimum Gasteiger partial charge on any atom is -0.396 e. The van der Waals surface area contributed by atoms with E-state index in [1.165, 1.54) is 19.3 Å². The molecule has 0 spiro atoms. The molecule has 1 N–H and O–H groups in total. The van der Waals surface area contributed by atoms with Crippen LogP contribution in [0.2, 0.25) is 0 Å². The van der Waals surface area contributed by atoms with E-state index in [2.05, 4.69) is 0 Å². The zero-order valence-corrected chi connectivity index (χ0v) is 11.2. The van der Waals surface area contributed by atoms with Crippen molar-refractivity contribution in [1.29, 1.82) is 0 Å². The van der Waals surface area contributed by atoms with Crippen LogP contribution < -0.4 is 0 Å². The molecule has 0 unspecified atom stereocenters. The van der Waals surface area contributed by atoms with Crippen molar-refractivity contribution in [3.63, 3.8) is 0 Å². The van der Waals surface area contributed by atoms with Crippen molar-refractivity contribution in [1.82, 2.24) is 0 Å². The lowest BCUT2D eigenvalue weighted by Gasteiger charge is -2.37.